The molecule has 1 aromatic rings. The van der Waals surface area contributed by atoms with Gasteiger partial charge >= 0.3 is 0 Å². The molecule has 1 unspecified atom stereocenters. The van der Waals surface area contributed by atoms with Crippen LogP contribution in [0, 0.1) is 4.77 Å². The van der Waals surface area contributed by atoms with Gasteiger partial charge in [-0.05, 0) is 32.0 Å². The molecule has 86 valence electrons. The summed E-state index contributed by atoms with van der Waals surface area (Å²) < 4.78 is 8.36. The Labute approximate surface area is 96.5 Å². The Kier molecular flexibility index (Phi) is 4.54. The quantitative estimate of drug-likeness (QED) is 0.784. The maximum absolute atomic E-state index is 5.43. The fourth-order valence-corrected chi connectivity index (χ4v) is 2.00. The van der Waals surface area contributed by atoms with Gasteiger partial charge in [0.2, 0.25) is 0 Å². The van der Waals surface area contributed by atoms with Crippen LogP contribution in [0.2, 0.25) is 0 Å². The summed E-state index contributed by atoms with van der Waals surface area (Å²) in [6.45, 7) is 9.93. The summed E-state index contributed by atoms with van der Waals surface area (Å²) in [6, 6.07) is 0.293. The first kappa shape index (κ1) is 12.5. The van der Waals surface area contributed by atoms with Crippen molar-refractivity contribution in [2.24, 2.45) is 0 Å². The van der Waals surface area contributed by atoms with Crippen LogP contribution in [0.25, 0.3) is 0 Å². The zero-order valence-corrected chi connectivity index (χ0v) is 10.7. The average Bonchev–Trinajstić information content (AvgIpc) is 2.56. The summed E-state index contributed by atoms with van der Waals surface area (Å²) in [7, 11) is 0. The number of nitrogens with one attached hydrogen (secondary N) is 1. The molecule has 0 saturated heterocycles. The predicted octanol–water partition coefficient (Wildman–Crippen LogP) is 3.27. The number of ether oxygens (including phenoxy) is 1. The molecule has 0 radical (unpaired) electrons. The molecule has 1 rings (SSSR count). The molecule has 1 aromatic heterocycles. The highest BCUT2D eigenvalue weighted by Crippen LogP contribution is 2.19. The normalized spacial score (nSPS) is 13.4. The molecule has 0 amide bonds. The van der Waals surface area contributed by atoms with Gasteiger partial charge in [0.1, 0.15) is 0 Å². The highest BCUT2D eigenvalue weighted by atomic mass is 32.1. The molecule has 4 heteroatoms. The van der Waals surface area contributed by atoms with E-state index in [-0.39, 0.29) is 0 Å². The van der Waals surface area contributed by atoms with E-state index in [0.717, 1.165) is 11.4 Å². The molecule has 0 aliphatic carbocycles. The van der Waals surface area contributed by atoms with Gasteiger partial charge in [0.15, 0.2) is 4.77 Å². The van der Waals surface area contributed by atoms with Gasteiger partial charge in [-0.2, -0.15) is 0 Å². The first-order valence-corrected chi connectivity index (χ1v) is 5.86. The Morgan fingerprint density at radius 3 is 2.67 bits per heavy atom. The van der Waals surface area contributed by atoms with Crippen molar-refractivity contribution < 1.29 is 4.74 Å². The minimum atomic E-state index is 0.293. The van der Waals surface area contributed by atoms with Crippen LogP contribution < -0.4 is 0 Å². The van der Waals surface area contributed by atoms with Crippen molar-refractivity contribution in [2.45, 2.75) is 39.7 Å². The van der Waals surface area contributed by atoms with Gasteiger partial charge < -0.3 is 14.3 Å². The first-order valence-electron chi connectivity index (χ1n) is 5.45. The summed E-state index contributed by atoms with van der Waals surface area (Å²) >= 11 is 5.27. The second kappa shape index (κ2) is 5.47. The third-order valence-corrected chi connectivity index (χ3v) is 2.75. The number of imidazole rings is 1. The van der Waals surface area contributed by atoms with Crippen LogP contribution in [-0.2, 0) is 4.74 Å². The van der Waals surface area contributed by atoms with Gasteiger partial charge in [-0.25, -0.2) is 0 Å². The summed E-state index contributed by atoms with van der Waals surface area (Å²) in [4.78, 5) is 3.10. The average molecular weight is 228 g/mol. The fraction of sp³-hybridized carbons (Fsp3) is 0.727. The van der Waals surface area contributed by atoms with E-state index in [1.54, 1.807) is 0 Å². The molecule has 1 atom stereocenters. The van der Waals surface area contributed by atoms with Crippen LogP contribution in [-0.4, -0.2) is 22.8 Å². The van der Waals surface area contributed by atoms with Crippen molar-refractivity contribution in [1.29, 1.82) is 0 Å². The van der Waals surface area contributed by atoms with Gasteiger partial charge in [-0.3, -0.25) is 0 Å². The van der Waals surface area contributed by atoms with Crippen molar-refractivity contribution in [3.8, 4) is 0 Å². The summed E-state index contributed by atoms with van der Waals surface area (Å²) in [5.74, 6) is 0.474. The topological polar surface area (TPSA) is 29.9 Å². The third kappa shape index (κ3) is 2.92. The second-order valence-electron chi connectivity index (χ2n) is 4.05. The van der Waals surface area contributed by atoms with E-state index in [4.69, 9.17) is 17.0 Å². The molecule has 0 aliphatic rings. The predicted molar refractivity (Wildman–Crippen MR) is 64.9 cm³/mol. The van der Waals surface area contributed by atoms with Crippen LogP contribution in [0.3, 0.4) is 0 Å². The SMILES string of the molecule is CCOCC(C)n1c(C(C)C)c[nH]c1=S. The molecule has 0 aromatic carbocycles. The van der Waals surface area contributed by atoms with Gasteiger partial charge in [-0.1, -0.05) is 13.8 Å². The summed E-state index contributed by atoms with van der Waals surface area (Å²) in [5, 5.41) is 0. The molecule has 1 heterocycles. The molecular formula is C11H20N2OS. The van der Waals surface area contributed by atoms with Gasteiger partial charge in [-0.15, -0.1) is 0 Å². The van der Waals surface area contributed by atoms with Crippen LogP contribution in [0.1, 0.15) is 45.3 Å². The molecule has 1 N–H and O–H groups in total. The maximum Gasteiger partial charge on any atom is 0.177 e. The van der Waals surface area contributed by atoms with Crippen molar-refractivity contribution >= 4 is 12.2 Å². The first-order chi connectivity index (χ1) is 7.07. The fourth-order valence-electron chi connectivity index (χ4n) is 1.65. The van der Waals surface area contributed by atoms with Crippen molar-refractivity contribution in [3.05, 3.63) is 16.7 Å². The van der Waals surface area contributed by atoms with E-state index in [1.165, 1.54) is 5.69 Å². The van der Waals surface area contributed by atoms with Gasteiger partial charge in [0, 0.05) is 18.5 Å². The number of nitrogens with zero attached hydrogens (tertiary/aromatic N) is 1. The number of hydrogen-bond donors (Lipinski definition) is 1. The highest BCUT2D eigenvalue weighted by molar-refractivity contribution is 7.71. The van der Waals surface area contributed by atoms with E-state index in [9.17, 15) is 0 Å². The lowest BCUT2D eigenvalue weighted by molar-refractivity contribution is 0.117. The zero-order chi connectivity index (χ0) is 11.4. The monoisotopic (exact) mass is 228 g/mol. The number of H-pyrrole nitrogens is 1. The number of aromatic amines is 1. The molecule has 3 nitrogen and oxygen atoms in total. The van der Waals surface area contributed by atoms with Crippen LogP contribution in [0.15, 0.2) is 6.20 Å². The molecule has 0 aliphatic heterocycles. The highest BCUT2D eigenvalue weighted by Gasteiger charge is 2.13. The molecule has 0 spiro atoms. The minimum absolute atomic E-state index is 0.293. The Morgan fingerprint density at radius 2 is 2.13 bits per heavy atom. The van der Waals surface area contributed by atoms with Crippen molar-refractivity contribution in [3.63, 3.8) is 0 Å². The number of rotatable bonds is 5. The minimum Gasteiger partial charge on any atom is -0.380 e. The van der Waals surface area contributed by atoms with Crippen molar-refractivity contribution in [1.82, 2.24) is 9.55 Å². The molecule has 0 saturated carbocycles. The van der Waals surface area contributed by atoms with E-state index >= 15 is 0 Å². The lowest BCUT2D eigenvalue weighted by atomic mass is 10.1. The molecular weight excluding hydrogens is 208 g/mol. The van der Waals surface area contributed by atoms with Crippen LogP contribution in [0.4, 0.5) is 0 Å². The van der Waals surface area contributed by atoms with E-state index in [1.807, 2.05) is 13.1 Å². The smallest absolute Gasteiger partial charge is 0.177 e. The van der Waals surface area contributed by atoms with Gasteiger partial charge in [0.25, 0.3) is 0 Å². The summed E-state index contributed by atoms with van der Waals surface area (Å²) in [5.41, 5.74) is 1.24. The molecule has 0 bridgehead atoms. The summed E-state index contributed by atoms with van der Waals surface area (Å²) in [6.07, 6.45) is 2.00. The molecule has 15 heavy (non-hydrogen) atoms. The number of aromatic nitrogens is 2. The standard InChI is InChI=1S/C11H20N2OS/c1-5-14-7-9(4)13-10(8(2)3)6-12-11(13)15/h6,8-9H,5,7H2,1-4H3,(H,12,15). The Hall–Kier alpha value is -0.610. The van der Waals surface area contributed by atoms with Crippen molar-refractivity contribution in [2.75, 3.05) is 13.2 Å². The Bertz CT molecular complexity index is 354. The Morgan fingerprint density at radius 1 is 1.47 bits per heavy atom. The zero-order valence-electron chi connectivity index (χ0n) is 9.91. The third-order valence-electron chi connectivity index (χ3n) is 2.44. The maximum atomic E-state index is 5.43. The van der Waals surface area contributed by atoms with E-state index in [2.05, 4.69) is 30.3 Å². The van der Waals surface area contributed by atoms with Crippen LogP contribution >= 0.6 is 12.2 Å². The lowest BCUT2D eigenvalue weighted by Crippen LogP contribution is -2.15. The largest absolute Gasteiger partial charge is 0.380 e. The van der Waals surface area contributed by atoms with Crippen LogP contribution in [0.5, 0.6) is 0 Å². The second-order valence-corrected chi connectivity index (χ2v) is 4.44. The lowest BCUT2D eigenvalue weighted by Gasteiger charge is -2.18. The number of hydrogen-bond acceptors (Lipinski definition) is 2. The van der Waals surface area contributed by atoms with E-state index < -0.39 is 0 Å². The molecule has 0 fully saturated rings. The van der Waals surface area contributed by atoms with Gasteiger partial charge in [0.05, 0.1) is 12.6 Å². The van der Waals surface area contributed by atoms with E-state index in [0.29, 0.717) is 18.6 Å². The Balaban J connectivity index is 2.91.